The normalized spacial score (nSPS) is 10.5. The van der Waals surface area contributed by atoms with E-state index < -0.39 is 28.8 Å². The molecule has 0 fully saturated rings. The number of hydrogen-bond acceptors (Lipinski definition) is 7. The van der Waals surface area contributed by atoms with Gasteiger partial charge in [0.15, 0.2) is 12.0 Å². The first-order valence-corrected chi connectivity index (χ1v) is 8.10. The Kier molecular flexibility index (Phi) is 5.16. The van der Waals surface area contributed by atoms with Gasteiger partial charge in [-0.05, 0) is 24.6 Å². The van der Waals surface area contributed by atoms with Crippen molar-refractivity contribution in [1.29, 1.82) is 0 Å². The molecular formula is C19H14N2O7. The molecule has 0 radical (unpaired) electrons. The number of aryl methyl sites for hydroxylation is 1. The highest BCUT2D eigenvalue weighted by molar-refractivity contribution is 5.95. The molecule has 1 amide bonds. The van der Waals surface area contributed by atoms with Gasteiger partial charge in [0.2, 0.25) is 5.76 Å². The number of nitrogens with zero attached hydrogens (tertiary/aromatic N) is 1. The molecule has 0 saturated carbocycles. The number of benzene rings is 2. The van der Waals surface area contributed by atoms with Crippen molar-refractivity contribution in [3.63, 3.8) is 0 Å². The molecular weight excluding hydrogens is 368 g/mol. The fourth-order valence-electron chi connectivity index (χ4n) is 2.45. The molecule has 1 N–H and O–H groups in total. The molecule has 2 aromatic carbocycles. The summed E-state index contributed by atoms with van der Waals surface area (Å²) in [6.45, 7) is 1.01. The van der Waals surface area contributed by atoms with Crippen LogP contribution in [0.15, 0.2) is 57.7 Å². The molecule has 1 aromatic heterocycles. The Balaban J connectivity index is 1.68. The van der Waals surface area contributed by atoms with Gasteiger partial charge in [-0.1, -0.05) is 18.2 Å². The number of non-ortho nitro benzene ring substituents is 1. The maximum absolute atomic E-state index is 12.1. The molecule has 0 aliphatic carbocycles. The molecule has 0 saturated heterocycles. The standard InChI is InChI=1S/C19H14N2O7/c1-11-6-7-12(21(25)26)8-14(11)20-18(23)10-27-19(24)17-9-15(22)13-4-2-3-5-16(13)28-17/h2-9H,10H2,1H3,(H,20,23). The Morgan fingerprint density at radius 1 is 1.18 bits per heavy atom. The predicted molar refractivity (Wildman–Crippen MR) is 99.2 cm³/mol. The first-order chi connectivity index (χ1) is 13.3. The zero-order valence-corrected chi connectivity index (χ0v) is 14.6. The first kappa shape index (κ1) is 18.8. The van der Waals surface area contributed by atoms with Crippen LogP contribution in [0, 0.1) is 17.0 Å². The van der Waals surface area contributed by atoms with Crippen LogP contribution in [-0.2, 0) is 9.53 Å². The smallest absolute Gasteiger partial charge is 0.374 e. The van der Waals surface area contributed by atoms with Gasteiger partial charge in [0.25, 0.3) is 11.6 Å². The van der Waals surface area contributed by atoms with Crippen LogP contribution < -0.4 is 10.7 Å². The summed E-state index contributed by atoms with van der Waals surface area (Å²) in [6.07, 6.45) is 0. The largest absolute Gasteiger partial charge is 0.450 e. The average Bonchev–Trinajstić information content (AvgIpc) is 2.67. The van der Waals surface area contributed by atoms with E-state index in [4.69, 9.17) is 9.15 Å². The Hall–Kier alpha value is -4.01. The van der Waals surface area contributed by atoms with Crippen LogP contribution in [0.2, 0.25) is 0 Å². The lowest BCUT2D eigenvalue weighted by Gasteiger charge is -2.09. The maximum atomic E-state index is 12.1. The second-order valence-corrected chi connectivity index (χ2v) is 5.85. The zero-order valence-electron chi connectivity index (χ0n) is 14.6. The van der Waals surface area contributed by atoms with Crippen molar-refractivity contribution in [1.82, 2.24) is 0 Å². The van der Waals surface area contributed by atoms with E-state index in [0.717, 1.165) is 6.07 Å². The highest BCUT2D eigenvalue weighted by Gasteiger charge is 2.16. The van der Waals surface area contributed by atoms with E-state index in [0.29, 0.717) is 10.9 Å². The molecule has 0 atom stereocenters. The van der Waals surface area contributed by atoms with Crippen LogP contribution in [0.4, 0.5) is 11.4 Å². The molecule has 0 bridgehead atoms. The third kappa shape index (κ3) is 4.04. The maximum Gasteiger partial charge on any atom is 0.374 e. The van der Waals surface area contributed by atoms with E-state index in [1.165, 1.54) is 24.3 Å². The van der Waals surface area contributed by atoms with Crippen LogP contribution in [-0.4, -0.2) is 23.4 Å². The number of carbonyl (C=O) groups excluding carboxylic acids is 2. The number of carbonyl (C=O) groups is 2. The number of nitro benzene ring substituents is 1. The van der Waals surface area contributed by atoms with E-state index in [-0.39, 0.29) is 22.7 Å². The molecule has 142 valence electrons. The number of fused-ring (bicyclic) bond motifs is 1. The molecule has 0 spiro atoms. The Labute approximate surface area is 157 Å². The lowest BCUT2D eigenvalue weighted by molar-refractivity contribution is -0.384. The SMILES string of the molecule is Cc1ccc([N+](=O)[O-])cc1NC(=O)COC(=O)c1cc(=O)c2ccccc2o1. The van der Waals surface area contributed by atoms with E-state index in [9.17, 15) is 24.5 Å². The molecule has 3 aromatic rings. The number of anilines is 1. The lowest BCUT2D eigenvalue weighted by atomic mass is 10.2. The van der Waals surface area contributed by atoms with Crippen molar-refractivity contribution in [2.75, 3.05) is 11.9 Å². The zero-order chi connectivity index (χ0) is 20.3. The summed E-state index contributed by atoms with van der Waals surface area (Å²) in [4.78, 5) is 46.3. The number of para-hydroxylation sites is 1. The third-order valence-electron chi connectivity index (χ3n) is 3.88. The minimum absolute atomic E-state index is 0.184. The van der Waals surface area contributed by atoms with Gasteiger partial charge in [-0.2, -0.15) is 0 Å². The number of esters is 1. The van der Waals surface area contributed by atoms with Gasteiger partial charge >= 0.3 is 5.97 Å². The number of rotatable bonds is 5. The quantitative estimate of drug-likeness (QED) is 0.408. The average molecular weight is 382 g/mol. The van der Waals surface area contributed by atoms with E-state index in [1.807, 2.05) is 0 Å². The second kappa shape index (κ2) is 7.70. The third-order valence-corrected chi connectivity index (χ3v) is 3.88. The van der Waals surface area contributed by atoms with Crippen molar-refractivity contribution >= 4 is 34.2 Å². The molecule has 1 heterocycles. The number of nitrogens with one attached hydrogen (secondary N) is 1. The highest BCUT2D eigenvalue weighted by Crippen LogP contribution is 2.21. The minimum Gasteiger partial charge on any atom is -0.450 e. The Bertz CT molecular complexity index is 1150. The number of nitro groups is 1. The molecule has 0 aliphatic rings. The molecule has 0 unspecified atom stereocenters. The fourth-order valence-corrected chi connectivity index (χ4v) is 2.45. The topological polar surface area (TPSA) is 129 Å². The van der Waals surface area contributed by atoms with Crippen LogP contribution in [0.1, 0.15) is 16.1 Å². The lowest BCUT2D eigenvalue weighted by Crippen LogP contribution is -2.22. The molecule has 28 heavy (non-hydrogen) atoms. The number of amides is 1. The van der Waals surface area contributed by atoms with Crippen LogP contribution in [0.25, 0.3) is 11.0 Å². The molecule has 0 aliphatic heterocycles. The minimum atomic E-state index is -0.978. The second-order valence-electron chi connectivity index (χ2n) is 5.85. The van der Waals surface area contributed by atoms with Crippen LogP contribution in [0.3, 0.4) is 0 Å². The van der Waals surface area contributed by atoms with Gasteiger partial charge in [-0.3, -0.25) is 19.7 Å². The number of hydrogen-bond donors (Lipinski definition) is 1. The van der Waals surface area contributed by atoms with Crippen LogP contribution >= 0.6 is 0 Å². The molecule has 3 rings (SSSR count). The fraction of sp³-hybridized carbons (Fsp3) is 0.105. The van der Waals surface area contributed by atoms with E-state index in [1.54, 1.807) is 25.1 Å². The van der Waals surface area contributed by atoms with Gasteiger partial charge in [-0.25, -0.2) is 4.79 Å². The summed E-state index contributed by atoms with van der Waals surface area (Å²) in [6, 6.07) is 11.4. The highest BCUT2D eigenvalue weighted by atomic mass is 16.6. The van der Waals surface area contributed by atoms with Crippen molar-refractivity contribution < 1.29 is 23.7 Å². The molecule has 9 heteroatoms. The first-order valence-electron chi connectivity index (χ1n) is 8.10. The van der Waals surface area contributed by atoms with Gasteiger partial charge < -0.3 is 14.5 Å². The Morgan fingerprint density at radius 3 is 2.68 bits per heavy atom. The van der Waals surface area contributed by atoms with Gasteiger partial charge in [-0.15, -0.1) is 0 Å². The van der Waals surface area contributed by atoms with E-state index in [2.05, 4.69) is 5.32 Å². The van der Waals surface area contributed by atoms with Crippen LogP contribution in [0.5, 0.6) is 0 Å². The summed E-state index contributed by atoms with van der Waals surface area (Å²) in [7, 11) is 0. The monoisotopic (exact) mass is 382 g/mol. The van der Waals surface area contributed by atoms with Crippen molar-refractivity contribution in [3.05, 3.63) is 80.2 Å². The van der Waals surface area contributed by atoms with E-state index >= 15 is 0 Å². The molecule has 9 nitrogen and oxygen atoms in total. The van der Waals surface area contributed by atoms with Gasteiger partial charge in [0.05, 0.1) is 16.0 Å². The summed E-state index contributed by atoms with van der Waals surface area (Å²) >= 11 is 0. The van der Waals surface area contributed by atoms with Crippen molar-refractivity contribution in [2.45, 2.75) is 6.92 Å². The summed E-state index contributed by atoms with van der Waals surface area (Å²) < 4.78 is 10.2. The summed E-state index contributed by atoms with van der Waals surface area (Å²) in [5.41, 5.74) is 0.457. The summed E-state index contributed by atoms with van der Waals surface area (Å²) in [5.74, 6) is -2.00. The Morgan fingerprint density at radius 2 is 1.93 bits per heavy atom. The van der Waals surface area contributed by atoms with Crippen molar-refractivity contribution in [2.24, 2.45) is 0 Å². The summed E-state index contributed by atoms with van der Waals surface area (Å²) in [5, 5.41) is 13.6. The van der Waals surface area contributed by atoms with Gasteiger partial charge in [0, 0.05) is 18.2 Å². The van der Waals surface area contributed by atoms with Gasteiger partial charge in [0.1, 0.15) is 5.58 Å². The predicted octanol–water partition coefficient (Wildman–Crippen LogP) is 2.81. The van der Waals surface area contributed by atoms with Crippen molar-refractivity contribution in [3.8, 4) is 0 Å². The number of ether oxygens (including phenoxy) is 1.